The van der Waals surface area contributed by atoms with Gasteiger partial charge in [0.15, 0.2) is 0 Å². The number of carbonyl (C=O) groups is 1. The van der Waals surface area contributed by atoms with Crippen LogP contribution in [0.5, 0.6) is 0 Å². The monoisotopic (exact) mass is 352 g/mol. The van der Waals surface area contributed by atoms with Gasteiger partial charge in [-0.2, -0.15) is 5.26 Å². The molecule has 0 saturated carbocycles. The maximum absolute atomic E-state index is 14.5. The standard InChI is InChI=1S/C17H15F3N2O3/c1-3-24-17(23)12-8(2)25-16(22)10(7-21)14(12)13-9(15(19)20)5-4-6-11(13)18/h4-6,14-15H,3,22H2,1-2H3. The van der Waals surface area contributed by atoms with Crippen LogP contribution in [0.1, 0.15) is 37.3 Å². The Kier molecular flexibility index (Phi) is 5.37. The van der Waals surface area contributed by atoms with Gasteiger partial charge < -0.3 is 15.2 Å². The van der Waals surface area contributed by atoms with Crippen LogP contribution >= 0.6 is 0 Å². The van der Waals surface area contributed by atoms with Crippen molar-refractivity contribution in [2.24, 2.45) is 5.73 Å². The quantitative estimate of drug-likeness (QED) is 0.840. The van der Waals surface area contributed by atoms with Gasteiger partial charge in [-0.15, -0.1) is 0 Å². The first-order valence-corrected chi connectivity index (χ1v) is 7.35. The lowest BCUT2D eigenvalue weighted by molar-refractivity contribution is -0.139. The molecular weight excluding hydrogens is 337 g/mol. The predicted molar refractivity (Wildman–Crippen MR) is 81.3 cm³/mol. The fraction of sp³-hybridized carbons (Fsp3) is 0.294. The van der Waals surface area contributed by atoms with Gasteiger partial charge in [0, 0.05) is 11.1 Å². The molecule has 1 aromatic carbocycles. The van der Waals surface area contributed by atoms with Crippen LogP contribution in [0, 0.1) is 17.1 Å². The minimum Gasteiger partial charge on any atom is -0.463 e. The van der Waals surface area contributed by atoms with Crippen molar-refractivity contribution in [2.75, 3.05) is 6.61 Å². The van der Waals surface area contributed by atoms with Crippen molar-refractivity contribution in [3.8, 4) is 6.07 Å². The summed E-state index contributed by atoms with van der Waals surface area (Å²) in [6.45, 7) is 2.92. The van der Waals surface area contributed by atoms with Crippen LogP contribution < -0.4 is 5.73 Å². The van der Waals surface area contributed by atoms with Crippen LogP contribution in [0.4, 0.5) is 13.2 Å². The fourth-order valence-corrected chi connectivity index (χ4v) is 2.69. The van der Waals surface area contributed by atoms with Gasteiger partial charge in [0.1, 0.15) is 23.2 Å². The molecule has 1 aliphatic heterocycles. The normalized spacial score (nSPS) is 17.4. The molecule has 2 rings (SSSR count). The van der Waals surface area contributed by atoms with Crippen LogP contribution in [-0.2, 0) is 14.3 Å². The second kappa shape index (κ2) is 7.30. The Morgan fingerprint density at radius 2 is 2.16 bits per heavy atom. The number of halogens is 3. The van der Waals surface area contributed by atoms with Gasteiger partial charge in [-0.3, -0.25) is 0 Å². The number of ether oxygens (including phenoxy) is 2. The smallest absolute Gasteiger partial charge is 0.338 e. The number of rotatable bonds is 4. The molecule has 132 valence electrons. The van der Waals surface area contributed by atoms with E-state index in [0.717, 1.165) is 18.2 Å². The number of carbonyl (C=O) groups excluding carboxylic acids is 1. The molecule has 1 atom stereocenters. The third-order valence-electron chi connectivity index (χ3n) is 3.71. The van der Waals surface area contributed by atoms with E-state index in [1.54, 1.807) is 13.0 Å². The molecule has 0 bridgehead atoms. The Labute approximate surface area is 142 Å². The van der Waals surface area contributed by atoms with Crippen molar-refractivity contribution in [3.63, 3.8) is 0 Å². The highest BCUT2D eigenvalue weighted by atomic mass is 19.3. The van der Waals surface area contributed by atoms with Gasteiger partial charge in [-0.05, 0) is 19.9 Å². The van der Waals surface area contributed by atoms with E-state index < -0.39 is 35.3 Å². The van der Waals surface area contributed by atoms with Gasteiger partial charge in [-0.25, -0.2) is 18.0 Å². The van der Waals surface area contributed by atoms with E-state index in [9.17, 15) is 23.2 Å². The maximum Gasteiger partial charge on any atom is 0.338 e. The predicted octanol–water partition coefficient (Wildman–Crippen LogP) is 3.41. The molecule has 5 nitrogen and oxygen atoms in total. The Bertz CT molecular complexity index is 810. The highest BCUT2D eigenvalue weighted by molar-refractivity contribution is 5.92. The number of allylic oxidation sites excluding steroid dienone is 2. The summed E-state index contributed by atoms with van der Waals surface area (Å²) in [6.07, 6.45) is -3.02. The molecule has 0 fully saturated rings. The lowest BCUT2D eigenvalue weighted by atomic mass is 9.80. The molecule has 0 aliphatic carbocycles. The van der Waals surface area contributed by atoms with E-state index in [1.807, 2.05) is 0 Å². The molecule has 0 aromatic heterocycles. The van der Waals surface area contributed by atoms with Gasteiger partial charge >= 0.3 is 5.97 Å². The van der Waals surface area contributed by atoms with Gasteiger partial charge in [0.05, 0.1) is 18.1 Å². The Morgan fingerprint density at radius 3 is 2.72 bits per heavy atom. The summed E-state index contributed by atoms with van der Waals surface area (Å²) in [5.74, 6) is -3.73. The number of alkyl halides is 2. The number of nitrogens with zero attached hydrogens (tertiary/aromatic N) is 1. The number of esters is 1. The molecule has 1 unspecified atom stereocenters. The summed E-state index contributed by atoms with van der Waals surface area (Å²) in [6, 6.07) is 4.85. The van der Waals surface area contributed by atoms with Gasteiger partial charge in [-0.1, -0.05) is 12.1 Å². The molecule has 0 spiro atoms. The second-order valence-corrected chi connectivity index (χ2v) is 5.16. The van der Waals surface area contributed by atoms with E-state index >= 15 is 0 Å². The van der Waals surface area contributed by atoms with Gasteiger partial charge in [0.25, 0.3) is 6.43 Å². The first kappa shape index (κ1) is 18.4. The van der Waals surface area contributed by atoms with Crippen molar-refractivity contribution < 1.29 is 27.4 Å². The molecule has 0 radical (unpaired) electrons. The first-order valence-electron chi connectivity index (χ1n) is 7.35. The number of hydrogen-bond donors (Lipinski definition) is 1. The van der Waals surface area contributed by atoms with E-state index in [0.29, 0.717) is 0 Å². The second-order valence-electron chi connectivity index (χ2n) is 5.16. The molecule has 8 heteroatoms. The van der Waals surface area contributed by atoms with Crippen LogP contribution in [0.3, 0.4) is 0 Å². The largest absolute Gasteiger partial charge is 0.463 e. The van der Waals surface area contributed by atoms with Crippen LogP contribution in [0.15, 0.2) is 41.0 Å². The summed E-state index contributed by atoms with van der Waals surface area (Å²) in [5, 5.41) is 9.38. The molecule has 0 amide bonds. The third-order valence-corrected chi connectivity index (χ3v) is 3.71. The third kappa shape index (κ3) is 3.31. The zero-order chi connectivity index (χ0) is 18.7. The summed E-state index contributed by atoms with van der Waals surface area (Å²) >= 11 is 0. The summed E-state index contributed by atoms with van der Waals surface area (Å²) in [7, 11) is 0. The summed E-state index contributed by atoms with van der Waals surface area (Å²) in [4.78, 5) is 12.3. The maximum atomic E-state index is 14.5. The number of benzene rings is 1. The highest BCUT2D eigenvalue weighted by Crippen LogP contribution is 2.43. The van der Waals surface area contributed by atoms with Crippen molar-refractivity contribution in [3.05, 3.63) is 57.9 Å². The van der Waals surface area contributed by atoms with Crippen molar-refractivity contribution in [1.82, 2.24) is 0 Å². The Balaban J connectivity index is 2.79. The lowest BCUT2D eigenvalue weighted by Gasteiger charge is -2.28. The van der Waals surface area contributed by atoms with E-state index in [-0.39, 0.29) is 29.4 Å². The van der Waals surface area contributed by atoms with Crippen LogP contribution in [0.2, 0.25) is 0 Å². The fourth-order valence-electron chi connectivity index (χ4n) is 2.69. The molecule has 1 aliphatic rings. The van der Waals surface area contributed by atoms with E-state index in [1.165, 1.54) is 6.92 Å². The number of hydrogen-bond acceptors (Lipinski definition) is 5. The minimum absolute atomic E-state index is 0.00237. The zero-order valence-electron chi connectivity index (χ0n) is 13.5. The SMILES string of the molecule is CCOC(=O)C1=C(C)OC(N)=C(C#N)C1c1c(F)cccc1C(F)F. The molecule has 2 N–H and O–H groups in total. The molecule has 1 aromatic rings. The molecule has 1 heterocycles. The van der Waals surface area contributed by atoms with Crippen LogP contribution in [0.25, 0.3) is 0 Å². The Morgan fingerprint density at radius 1 is 1.48 bits per heavy atom. The van der Waals surface area contributed by atoms with Crippen molar-refractivity contribution >= 4 is 5.97 Å². The van der Waals surface area contributed by atoms with Gasteiger partial charge in [0.2, 0.25) is 5.88 Å². The summed E-state index contributed by atoms with van der Waals surface area (Å²) in [5.41, 5.74) is 3.96. The van der Waals surface area contributed by atoms with Crippen LogP contribution in [-0.4, -0.2) is 12.6 Å². The molecular formula is C17H15F3N2O3. The average molecular weight is 352 g/mol. The van der Waals surface area contributed by atoms with Crippen molar-refractivity contribution in [2.45, 2.75) is 26.2 Å². The average Bonchev–Trinajstić information content (AvgIpc) is 2.54. The topological polar surface area (TPSA) is 85.3 Å². The zero-order valence-corrected chi connectivity index (χ0v) is 13.5. The van der Waals surface area contributed by atoms with Crippen molar-refractivity contribution in [1.29, 1.82) is 5.26 Å². The highest BCUT2D eigenvalue weighted by Gasteiger charge is 2.39. The Hall–Kier alpha value is -2.95. The minimum atomic E-state index is -3.02. The summed E-state index contributed by atoms with van der Waals surface area (Å²) < 4.78 is 51.3. The molecule has 0 saturated heterocycles. The van der Waals surface area contributed by atoms with E-state index in [2.05, 4.69) is 0 Å². The lowest BCUT2D eigenvalue weighted by Crippen LogP contribution is -2.27. The first-order chi connectivity index (χ1) is 11.8. The number of nitrogens with two attached hydrogens (primary N) is 1. The molecule has 25 heavy (non-hydrogen) atoms. The van der Waals surface area contributed by atoms with E-state index in [4.69, 9.17) is 15.2 Å². The number of nitriles is 1.